The third-order valence-electron chi connectivity index (χ3n) is 1.11. The van der Waals surface area contributed by atoms with Crippen LogP contribution in [0.15, 0.2) is 20.9 Å². The van der Waals surface area contributed by atoms with Crippen LogP contribution in [0.3, 0.4) is 0 Å². The van der Waals surface area contributed by atoms with Crippen molar-refractivity contribution in [3.05, 3.63) is 20.9 Å². The molecule has 0 saturated carbocycles. The molecule has 3 heteroatoms. The second-order valence-electron chi connectivity index (χ2n) is 1.70. The van der Waals surface area contributed by atoms with Crippen LogP contribution in [0.4, 0.5) is 0 Å². The van der Waals surface area contributed by atoms with E-state index in [4.69, 9.17) is 0 Å². The molecule has 0 N–H and O–H groups in total. The SMILES string of the molecule is Brc1cc2[se]ccc2s1. The summed E-state index contributed by atoms with van der Waals surface area (Å²) in [5.74, 6) is 0. The van der Waals surface area contributed by atoms with Gasteiger partial charge in [-0.05, 0) is 0 Å². The molecular formula is C6H3BrSSe. The maximum absolute atomic E-state index is 3.45. The van der Waals surface area contributed by atoms with Gasteiger partial charge in [0.2, 0.25) is 0 Å². The Morgan fingerprint density at radius 3 is 3.22 bits per heavy atom. The van der Waals surface area contributed by atoms with Crippen molar-refractivity contribution in [2.75, 3.05) is 0 Å². The number of hydrogen-bond donors (Lipinski definition) is 0. The number of hydrogen-bond acceptors (Lipinski definition) is 1. The van der Waals surface area contributed by atoms with Crippen LogP contribution in [0, 0.1) is 0 Å². The van der Waals surface area contributed by atoms with Crippen molar-refractivity contribution < 1.29 is 0 Å². The van der Waals surface area contributed by atoms with Crippen molar-refractivity contribution in [2.45, 2.75) is 0 Å². The number of halogens is 1. The van der Waals surface area contributed by atoms with Crippen LogP contribution in [0.1, 0.15) is 0 Å². The van der Waals surface area contributed by atoms with Gasteiger partial charge in [0.25, 0.3) is 0 Å². The van der Waals surface area contributed by atoms with Crippen LogP contribution in [0.25, 0.3) is 8.96 Å². The van der Waals surface area contributed by atoms with Crippen molar-refractivity contribution in [3.8, 4) is 0 Å². The van der Waals surface area contributed by atoms with Gasteiger partial charge in [0.1, 0.15) is 0 Å². The van der Waals surface area contributed by atoms with Gasteiger partial charge in [0.05, 0.1) is 0 Å². The molecule has 0 aromatic carbocycles. The molecule has 0 fully saturated rings. The van der Waals surface area contributed by atoms with E-state index in [1.807, 2.05) is 11.3 Å². The van der Waals surface area contributed by atoms with E-state index in [0.717, 1.165) is 0 Å². The number of fused-ring (bicyclic) bond motifs is 1. The van der Waals surface area contributed by atoms with Crippen molar-refractivity contribution in [3.63, 3.8) is 0 Å². The van der Waals surface area contributed by atoms with E-state index in [2.05, 4.69) is 33.0 Å². The molecule has 0 saturated heterocycles. The maximum atomic E-state index is 3.45. The molecule has 0 atom stereocenters. The van der Waals surface area contributed by atoms with Gasteiger partial charge in [-0.3, -0.25) is 0 Å². The summed E-state index contributed by atoms with van der Waals surface area (Å²) in [4.78, 5) is 2.26. The molecule has 0 spiro atoms. The first-order valence-corrected chi connectivity index (χ1v) is 5.94. The van der Waals surface area contributed by atoms with Crippen molar-refractivity contribution in [1.82, 2.24) is 0 Å². The fraction of sp³-hybridized carbons (Fsp3) is 0. The summed E-state index contributed by atoms with van der Waals surface area (Å²) in [5, 5.41) is 0. The molecule has 9 heavy (non-hydrogen) atoms. The molecule has 46 valence electrons. The molecule has 0 unspecified atom stereocenters. The summed E-state index contributed by atoms with van der Waals surface area (Å²) in [5.41, 5.74) is 0. The Morgan fingerprint density at radius 2 is 2.44 bits per heavy atom. The molecule has 0 nitrogen and oxygen atoms in total. The molecule has 0 aliphatic carbocycles. The number of thiophene rings is 1. The van der Waals surface area contributed by atoms with E-state index < -0.39 is 0 Å². The molecule has 2 aromatic rings. The zero-order valence-electron chi connectivity index (χ0n) is 4.43. The molecule has 0 aliphatic rings. The van der Waals surface area contributed by atoms with Gasteiger partial charge in [-0.15, -0.1) is 0 Å². The number of rotatable bonds is 0. The molecule has 0 aliphatic heterocycles. The fourth-order valence-corrected chi connectivity index (χ4v) is 4.90. The standard InChI is InChI=1S/C6H3BrSSe/c7-6-3-5-4(8-6)1-2-9-5/h1-3H. The first-order chi connectivity index (χ1) is 4.36. The van der Waals surface area contributed by atoms with Gasteiger partial charge in [-0.2, -0.15) is 0 Å². The average Bonchev–Trinajstić information content (AvgIpc) is 2.22. The predicted octanol–water partition coefficient (Wildman–Crippen LogP) is 2.72. The second-order valence-corrected chi connectivity index (χ2v) is 6.15. The van der Waals surface area contributed by atoms with Crippen LogP contribution in [0.5, 0.6) is 0 Å². The summed E-state index contributed by atoms with van der Waals surface area (Å²) in [6, 6.07) is 4.44. The molecule has 0 bridgehead atoms. The quantitative estimate of drug-likeness (QED) is 0.643. The zero-order valence-corrected chi connectivity index (χ0v) is 8.54. The summed E-state index contributed by atoms with van der Waals surface area (Å²) in [7, 11) is 0. The molecule has 0 radical (unpaired) electrons. The van der Waals surface area contributed by atoms with Crippen molar-refractivity contribution in [1.29, 1.82) is 0 Å². The van der Waals surface area contributed by atoms with Crippen molar-refractivity contribution >= 4 is 50.7 Å². The van der Waals surface area contributed by atoms with Crippen LogP contribution in [-0.4, -0.2) is 14.5 Å². The van der Waals surface area contributed by atoms with E-state index in [9.17, 15) is 0 Å². The Kier molecular flexibility index (Phi) is 1.54. The topological polar surface area (TPSA) is 0 Å². The van der Waals surface area contributed by atoms with Gasteiger partial charge in [0, 0.05) is 0 Å². The molecular weight excluding hydrogens is 263 g/mol. The van der Waals surface area contributed by atoms with Gasteiger partial charge < -0.3 is 0 Å². The Bertz CT molecular complexity index is 294. The molecule has 2 heterocycles. The third-order valence-corrected chi connectivity index (χ3v) is 4.82. The minimum absolute atomic E-state index is 0.623. The van der Waals surface area contributed by atoms with Crippen LogP contribution in [-0.2, 0) is 0 Å². The summed E-state index contributed by atoms with van der Waals surface area (Å²) in [6.45, 7) is 0. The Hall–Kier alpha value is 0.439. The Balaban J connectivity index is 2.92. The van der Waals surface area contributed by atoms with Gasteiger partial charge in [0.15, 0.2) is 0 Å². The first-order valence-electron chi connectivity index (χ1n) is 2.49. The van der Waals surface area contributed by atoms with Crippen LogP contribution >= 0.6 is 27.3 Å². The molecule has 2 rings (SSSR count). The van der Waals surface area contributed by atoms with E-state index in [1.165, 1.54) is 12.7 Å². The average molecular weight is 266 g/mol. The zero-order chi connectivity index (χ0) is 6.27. The minimum atomic E-state index is 0.623. The van der Waals surface area contributed by atoms with E-state index in [0.29, 0.717) is 14.5 Å². The van der Waals surface area contributed by atoms with Crippen molar-refractivity contribution in [2.24, 2.45) is 0 Å². The van der Waals surface area contributed by atoms with E-state index in [-0.39, 0.29) is 0 Å². The monoisotopic (exact) mass is 266 g/mol. The van der Waals surface area contributed by atoms with Crippen LogP contribution in [0.2, 0.25) is 0 Å². The summed E-state index contributed by atoms with van der Waals surface area (Å²) in [6.07, 6.45) is 0. The summed E-state index contributed by atoms with van der Waals surface area (Å²) >= 11 is 5.90. The van der Waals surface area contributed by atoms with Gasteiger partial charge in [-0.1, -0.05) is 0 Å². The fourth-order valence-electron chi connectivity index (χ4n) is 0.736. The Morgan fingerprint density at radius 1 is 1.56 bits per heavy atom. The van der Waals surface area contributed by atoms with Gasteiger partial charge in [-0.25, -0.2) is 0 Å². The van der Waals surface area contributed by atoms with E-state index >= 15 is 0 Å². The van der Waals surface area contributed by atoms with E-state index in [1.54, 1.807) is 0 Å². The predicted molar refractivity (Wildman–Crippen MR) is 46.5 cm³/mol. The third kappa shape index (κ3) is 1.03. The van der Waals surface area contributed by atoms with Gasteiger partial charge >= 0.3 is 71.6 Å². The first kappa shape index (κ1) is 6.17. The second kappa shape index (κ2) is 2.24. The Labute approximate surface area is 71.4 Å². The molecule has 0 amide bonds. The molecule has 2 aromatic heterocycles. The normalized spacial score (nSPS) is 10.8. The summed E-state index contributed by atoms with van der Waals surface area (Å²) < 4.78 is 4.24. The van der Waals surface area contributed by atoms with Crippen LogP contribution < -0.4 is 0 Å².